The lowest BCUT2D eigenvalue weighted by atomic mass is 10.2. The number of amides is 1. The quantitative estimate of drug-likeness (QED) is 0.927. The van der Waals surface area contributed by atoms with Gasteiger partial charge in [-0.25, -0.2) is 4.39 Å². The number of nitrogens with one attached hydrogen (secondary N) is 1. The van der Waals surface area contributed by atoms with Gasteiger partial charge in [-0.15, -0.1) is 0 Å². The fourth-order valence-electron chi connectivity index (χ4n) is 3.16. The molecule has 1 amide bonds. The zero-order valence-electron chi connectivity index (χ0n) is 14.7. The van der Waals surface area contributed by atoms with E-state index in [4.69, 9.17) is 0 Å². The van der Waals surface area contributed by atoms with E-state index in [2.05, 4.69) is 10.2 Å². The smallest absolute Gasteiger partial charge is 0.244 e. The van der Waals surface area contributed by atoms with Crippen LogP contribution < -0.4 is 10.2 Å². The SMILES string of the molecule is Cc1cccc(NC(C)C(=O)N2CCN(c3ccc(F)cc3)CC2)c1. The van der Waals surface area contributed by atoms with Gasteiger partial charge in [0, 0.05) is 37.6 Å². The number of hydrogen-bond donors (Lipinski definition) is 1. The van der Waals surface area contributed by atoms with E-state index in [9.17, 15) is 9.18 Å². The summed E-state index contributed by atoms with van der Waals surface area (Å²) in [6.07, 6.45) is 0. The lowest BCUT2D eigenvalue weighted by Crippen LogP contribution is -2.52. The van der Waals surface area contributed by atoms with E-state index in [1.807, 2.05) is 43.0 Å². The molecule has 25 heavy (non-hydrogen) atoms. The number of hydrogen-bond acceptors (Lipinski definition) is 3. The average molecular weight is 341 g/mol. The van der Waals surface area contributed by atoms with E-state index in [1.165, 1.54) is 12.1 Å². The normalized spacial score (nSPS) is 15.8. The Morgan fingerprint density at radius 1 is 1.08 bits per heavy atom. The molecule has 1 heterocycles. The van der Waals surface area contributed by atoms with Gasteiger partial charge in [0.25, 0.3) is 0 Å². The second kappa shape index (κ2) is 7.55. The van der Waals surface area contributed by atoms with E-state index in [0.29, 0.717) is 13.1 Å². The number of carbonyl (C=O) groups is 1. The molecule has 1 atom stereocenters. The van der Waals surface area contributed by atoms with Crippen molar-refractivity contribution in [2.24, 2.45) is 0 Å². The zero-order valence-corrected chi connectivity index (χ0v) is 14.7. The monoisotopic (exact) mass is 341 g/mol. The van der Waals surface area contributed by atoms with Crippen LogP contribution in [-0.4, -0.2) is 43.0 Å². The summed E-state index contributed by atoms with van der Waals surface area (Å²) in [5.41, 5.74) is 3.13. The standard InChI is InChI=1S/C20H24FN3O/c1-15-4-3-5-18(14-15)22-16(2)20(25)24-12-10-23(11-13-24)19-8-6-17(21)7-9-19/h3-9,14,16,22H,10-13H2,1-2H3. The molecule has 2 aromatic carbocycles. The summed E-state index contributed by atoms with van der Waals surface area (Å²) in [6.45, 7) is 6.80. The Bertz CT molecular complexity index is 724. The largest absolute Gasteiger partial charge is 0.374 e. The molecular formula is C20H24FN3O. The Morgan fingerprint density at radius 3 is 2.40 bits per heavy atom. The van der Waals surface area contributed by atoms with Crippen molar-refractivity contribution < 1.29 is 9.18 Å². The number of piperazine rings is 1. The lowest BCUT2D eigenvalue weighted by Gasteiger charge is -2.37. The third-order valence-corrected chi connectivity index (χ3v) is 4.55. The first-order valence-corrected chi connectivity index (χ1v) is 8.65. The van der Waals surface area contributed by atoms with Crippen LogP contribution in [0.15, 0.2) is 48.5 Å². The first kappa shape index (κ1) is 17.3. The highest BCUT2D eigenvalue weighted by Crippen LogP contribution is 2.18. The van der Waals surface area contributed by atoms with Gasteiger partial charge in [-0.3, -0.25) is 4.79 Å². The van der Waals surface area contributed by atoms with Crippen molar-refractivity contribution >= 4 is 17.3 Å². The molecule has 0 aliphatic carbocycles. The lowest BCUT2D eigenvalue weighted by molar-refractivity contribution is -0.131. The molecule has 0 spiro atoms. The van der Waals surface area contributed by atoms with Crippen LogP contribution in [0.25, 0.3) is 0 Å². The molecule has 4 nitrogen and oxygen atoms in total. The van der Waals surface area contributed by atoms with Crippen LogP contribution in [0, 0.1) is 12.7 Å². The van der Waals surface area contributed by atoms with E-state index in [1.54, 1.807) is 12.1 Å². The first-order valence-electron chi connectivity index (χ1n) is 8.65. The minimum atomic E-state index is -0.265. The van der Waals surface area contributed by atoms with Crippen molar-refractivity contribution in [3.63, 3.8) is 0 Å². The van der Waals surface area contributed by atoms with E-state index in [-0.39, 0.29) is 17.8 Å². The van der Waals surface area contributed by atoms with Crippen molar-refractivity contribution in [1.82, 2.24) is 4.90 Å². The highest BCUT2D eigenvalue weighted by atomic mass is 19.1. The average Bonchev–Trinajstić information content (AvgIpc) is 2.62. The number of anilines is 2. The second-order valence-electron chi connectivity index (χ2n) is 6.52. The summed E-state index contributed by atoms with van der Waals surface area (Å²) < 4.78 is 13.0. The molecule has 132 valence electrons. The second-order valence-corrected chi connectivity index (χ2v) is 6.52. The molecule has 0 saturated carbocycles. The van der Waals surface area contributed by atoms with E-state index >= 15 is 0 Å². The van der Waals surface area contributed by atoms with Crippen molar-refractivity contribution in [3.05, 3.63) is 59.9 Å². The van der Waals surface area contributed by atoms with Crippen LogP contribution >= 0.6 is 0 Å². The van der Waals surface area contributed by atoms with Gasteiger partial charge in [0.05, 0.1) is 0 Å². The molecule has 1 fully saturated rings. The van der Waals surface area contributed by atoms with Crippen molar-refractivity contribution in [1.29, 1.82) is 0 Å². The summed E-state index contributed by atoms with van der Waals surface area (Å²) in [5.74, 6) is -0.117. The third kappa shape index (κ3) is 4.29. The molecule has 1 unspecified atom stereocenters. The van der Waals surface area contributed by atoms with Gasteiger partial charge in [-0.2, -0.15) is 0 Å². The Labute approximate surface area is 148 Å². The van der Waals surface area contributed by atoms with Gasteiger partial charge in [0.2, 0.25) is 5.91 Å². The van der Waals surface area contributed by atoms with Crippen LogP contribution in [0.1, 0.15) is 12.5 Å². The Morgan fingerprint density at radius 2 is 1.76 bits per heavy atom. The minimum Gasteiger partial charge on any atom is -0.374 e. The minimum absolute atomic E-state index is 0.111. The van der Waals surface area contributed by atoms with Crippen LogP contribution in [0.3, 0.4) is 0 Å². The maximum Gasteiger partial charge on any atom is 0.244 e. The maximum atomic E-state index is 13.0. The van der Waals surface area contributed by atoms with Crippen molar-refractivity contribution in [2.45, 2.75) is 19.9 Å². The molecule has 5 heteroatoms. The molecule has 1 aliphatic rings. The Balaban J connectivity index is 1.54. The van der Waals surface area contributed by atoms with Gasteiger partial charge in [-0.05, 0) is 55.8 Å². The predicted molar refractivity (Wildman–Crippen MR) is 99.5 cm³/mol. The highest BCUT2D eigenvalue weighted by molar-refractivity contribution is 5.84. The van der Waals surface area contributed by atoms with Gasteiger partial charge < -0.3 is 15.1 Å². The summed E-state index contributed by atoms with van der Waals surface area (Å²) in [4.78, 5) is 16.7. The molecule has 1 aliphatic heterocycles. The number of benzene rings is 2. The fraction of sp³-hybridized carbons (Fsp3) is 0.350. The third-order valence-electron chi connectivity index (χ3n) is 4.55. The van der Waals surface area contributed by atoms with E-state index < -0.39 is 0 Å². The van der Waals surface area contributed by atoms with Crippen molar-refractivity contribution in [2.75, 3.05) is 36.4 Å². The molecular weight excluding hydrogens is 317 g/mol. The maximum absolute atomic E-state index is 13.0. The molecule has 1 saturated heterocycles. The molecule has 3 rings (SSSR count). The zero-order chi connectivity index (χ0) is 17.8. The molecule has 1 N–H and O–H groups in total. The van der Waals surface area contributed by atoms with E-state index in [0.717, 1.165) is 30.0 Å². The molecule has 2 aromatic rings. The molecule has 0 bridgehead atoms. The number of aryl methyl sites for hydroxylation is 1. The van der Waals surface area contributed by atoms with Crippen LogP contribution in [-0.2, 0) is 4.79 Å². The fourth-order valence-corrected chi connectivity index (χ4v) is 3.16. The van der Waals surface area contributed by atoms with Crippen LogP contribution in [0.2, 0.25) is 0 Å². The topological polar surface area (TPSA) is 35.6 Å². The highest BCUT2D eigenvalue weighted by Gasteiger charge is 2.25. The number of halogens is 1. The summed E-state index contributed by atoms with van der Waals surface area (Å²) >= 11 is 0. The van der Waals surface area contributed by atoms with Crippen LogP contribution in [0.4, 0.5) is 15.8 Å². The van der Waals surface area contributed by atoms with Crippen molar-refractivity contribution in [3.8, 4) is 0 Å². The summed E-state index contributed by atoms with van der Waals surface area (Å²) in [5, 5.41) is 3.28. The predicted octanol–water partition coefficient (Wildman–Crippen LogP) is 3.28. The molecule has 0 aromatic heterocycles. The molecule has 0 radical (unpaired) electrons. The number of carbonyl (C=O) groups excluding carboxylic acids is 1. The summed E-state index contributed by atoms with van der Waals surface area (Å²) in [7, 11) is 0. The number of nitrogens with zero attached hydrogens (tertiary/aromatic N) is 2. The van der Waals surface area contributed by atoms with Crippen LogP contribution in [0.5, 0.6) is 0 Å². The van der Waals surface area contributed by atoms with Gasteiger partial charge in [0.15, 0.2) is 0 Å². The number of rotatable bonds is 4. The van der Waals surface area contributed by atoms with Gasteiger partial charge in [0.1, 0.15) is 11.9 Å². The van der Waals surface area contributed by atoms with Gasteiger partial charge in [-0.1, -0.05) is 12.1 Å². The van der Waals surface area contributed by atoms with Gasteiger partial charge >= 0.3 is 0 Å². The Kier molecular flexibility index (Phi) is 5.22. The summed E-state index contributed by atoms with van der Waals surface area (Å²) in [6, 6.07) is 14.3. The Hall–Kier alpha value is -2.56. The first-order chi connectivity index (χ1) is 12.0.